The topological polar surface area (TPSA) is 60.2 Å². The zero-order valence-corrected chi connectivity index (χ0v) is 9.74. The van der Waals surface area contributed by atoms with E-state index in [1.165, 1.54) is 0 Å². The summed E-state index contributed by atoms with van der Waals surface area (Å²) in [5, 5.41) is 11.4. The molecule has 1 unspecified atom stereocenters. The van der Waals surface area contributed by atoms with Crippen molar-refractivity contribution in [1.29, 1.82) is 0 Å². The molecule has 2 rings (SSSR count). The molecule has 2 heterocycles. The molecule has 0 bridgehead atoms. The molecule has 0 radical (unpaired) electrons. The molecule has 1 N–H and O–H groups in total. The van der Waals surface area contributed by atoms with E-state index in [0.29, 0.717) is 5.92 Å². The minimum Gasteiger partial charge on any atom is -0.425 e. The van der Waals surface area contributed by atoms with Crippen LogP contribution >= 0.6 is 0 Å². The Bertz CT molecular complexity index is 308. The minimum atomic E-state index is 0.315. The molecule has 1 fully saturated rings. The van der Waals surface area contributed by atoms with Crippen LogP contribution in [-0.4, -0.2) is 36.5 Å². The Kier molecular flexibility index (Phi) is 4.30. The van der Waals surface area contributed by atoms with Gasteiger partial charge in [-0.25, -0.2) is 0 Å². The summed E-state index contributed by atoms with van der Waals surface area (Å²) in [6.07, 6.45) is 2.89. The van der Waals surface area contributed by atoms with Crippen molar-refractivity contribution in [1.82, 2.24) is 15.5 Å². The molecule has 1 aromatic rings. The largest absolute Gasteiger partial charge is 0.425 e. The van der Waals surface area contributed by atoms with Gasteiger partial charge in [-0.3, -0.25) is 0 Å². The number of aromatic nitrogens is 2. The number of rotatable bonds is 6. The standard InChI is InChI=1S/C11H19N3O2/c1-2-12-6-3-4-10-13-14-11(16-10)9-5-7-15-8-9/h9,12H,2-8H2,1H3. The van der Waals surface area contributed by atoms with Crippen LogP contribution in [0.5, 0.6) is 0 Å². The summed E-state index contributed by atoms with van der Waals surface area (Å²) < 4.78 is 10.9. The van der Waals surface area contributed by atoms with Gasteiger partial charge in [0.1, 0.15) is 0 Å². The number of hydrogen-bond acceptors (Lipinski definition) is 5. The van der Waals surface area contributed by atoms with Gasteiger partial charge in [-0.1, -0.05) is 6.92 Å². The molecule has 90 valence electrons. The van der Waals surface area contributed by atoms with Crippen LogP contribution < -0.4 is 5.32 Å². The van der Waals surface area contributed by atoms with Crippen LogP contribution in [-0.2, 0) is 11.2 Å². The molecule has 0 spiro atoms. The molecule has 1 aliphatic heterocycles. The molecular formula is C11H19N3O2. The average molecular weight is 225 g/mol. The fourth-order valence-corrected chi connectivity index (χ4v) is 1.80. The van der Waals surface area contributed by atoms with Crippen molar-refractivity contribution < 1.29 is 9.15 Å². The second-order valence-corrected chi connectivity index (χ2v) is 4.05. The predicted octanol–water partition coefficient (Wildman–Crippen LogP) is 1.12. The molecule has 16 heavy (non-hydrogen) atoms. The van der Waals surface area contributed by atoms with E-state index >= 15 is 0 Å². The van der Waals surface area contributed by atoms with Gasteiger partial charge in [-0.05, 0) is 25.9 Å². The first-order valence-corrected chi connectivity index (χ1v) is 6.01. The zero-order valence-electron chi connectivity index (χ0n) is 9.74. The van der Waals surface area contributed by atoms with Crippen molar-refractivity contribution in [3.8, 4) is 0 Å². The van der Waals surface area contributed by atoms with Crippen molar-refractivity contribution in [3.63, 3.8) is 0 Å². The Morgan fingerprint density at radius 3 is 3.12 bits per heavy atom. The van der Waals surface area contributed by atoms with E-state index in [1.807, 2.05) is 0 Å². The van der Waals surface area contributed by atoms with Gasteiger partial charge in [-0.15, -0.1) is 10.2 Å². The van der Waals surface area contributed by atoms with E-state index in [2.05, 4.69) is 22.4 Å². The van der Waals surface area contributed by atoms with Crippen molar-refractivity contribution in [2.75, 3.05) is 26.3 Å². The number of aryl methyl sites for hydroxylation is 1. The Morgan fingerprint density at radius 1 is 1.44 bits per heavy atom. The maximum Gasteiger partial charge on any atom is 0.222 e. The quantitative estimate of drug-likeness (QED) is 0.735. The lowest BCUT2D eigenvalue weighted by molar-refractivity contribution is 0.190. The summed E-state index contributed by atoms with van der Waals surface area (Å²) in [6.45, 7) is 5.64. The minimum absolute atomic E-state index is 0.315. The highest BCUT2D eigenvalue weighted by molar-refractivity contribution is 4.93. The van der Waals surface area contributed by atoms with Crippen molar-refractivity contribution >= 4 is 0 Å². The fourth-order valence-electron chi connectivity index (χ4n) is 1.80. The number of nitrogens with zero attached hydrogens (tertiary/aromatic N) is 2. The van der Waals surface area contributed by atoms with Gasteiger partial charge >= 0.3 is 0 Å². The van der Waals surface area contributed by atoms with Crippen LogP contribution in [0.1, 0.15) is 37.5 Å². The van der Waals surface area contributed by atoms with Crippen LogP contribution in [0.3, 0.4) is 0 Å². The summed E-state index contributed by atoms with van der Waals surface area (Å²) in [5.41, 5.74) is 0. The number of nitrogens with one attached hydrogen (secondary N) is 1. The van der Waals surface area contributed by atoms with Crippen molar-refractivity contribution in [3.05, 3.63) is 11.8 Å². The molecule has 0 amide bonds. The van der Waals surface area contributed by atoms with Crippen LogP contribution in [0.2, 0.25) is 0 Å². The summed E-state index contributed by atoms with van der Waals surface area (Å²) >= 11 is 0. The Balaban J connectivity index is 1.77. The molecular weight excluding hydrogens is 206 g/mol. The van der Waals surface area contributed by atoms with E-state index in [-0.39, 0.29) is 0 Å². The van der Waals surface area contributed by atoms with Gasteiger partial charge in [0.05, 0.1) is 12.5 Å². The maximum atomic E-state index is 5.62. The lowest BCUT2D eigenvalue weighted by Crippen LogP contribution is -2.14. The summed E-state index contributed by atoms with van der Waals surface area (Å²) in [7, 11) is 0. The first kappa shape index (κ1) is 11.5. The molecule has 1 aliphatic rings. The lowest BCUT2D eigenvalue weighted by Gasteiger charge is -1.99. The first-order valence-electron chi connectivity index (χ1n) is 6.01. The van der Waals surface area contributed by atoms with E-state index in [4.69, 9.17) is 9.15 Å². The highest BCUT2D eigenvalue weighted by atomic mass is 16.5. The molecule has 5 heteroatoms. The average Bonchev–Trinajstić information content (AvgIpc) is 2.94. The van der Waals surface area contributed by atoms with Gasteiger partial charge in [0, 0.05) is 13.0 Å². The van der Waals surface area contributed by atoms with Crippen molar-refractivity contribution in [2.24, 2.45) is 0 Å². The molecule has 1 atom stereocenters. The fraction of sp³-hybridized carbons (Fsp3) is 0.818. The second kappa shape index (κ2) is 5.96. The second-order valence-electron chi connectivity index (χ2n) is 4.05. The van der Waals surface area contributed by atoms with Crippen LogP contribution in [0.25, 0.3) is 0 Å². The predicted molar refractivity (Wildman–Crippen MR) is 59.3 cm³/mol. The highest BCUT2D eigenvalue weighted by Gasteiger charge is 2.23. The third kappa shape index (κ3) is 3.02. The van der Waals surface area contributed by atoms with Gasteiger partial charge < -0.3 is 14.5 Å². The summed E-state index contributed by atoms with van der Waals surface area (Å²) in [5.74, 6) is 1.81. The Hall–Kier alpha value is -0.940. The number of ether oxygens (including phenoxy) is 1. The van der Waals surface area contributed by atoms with E-state index < -0.39 is 0 Å². The maximum absolute atomic E-state index is 5.62. The highest BCUT2D eigenvalue weighted by Crippen LogP contribution is 2.23. The van der Waals surface area contributed by atoms with Crippen molar-refractivity contribution in [2.45, 2.75) is 32.1 Å². The van der Waals surface area contributed by atoms with Gasteiger partial charge in [-0.2, -0.15) is 0 Å². The van der Waals surface area contributed by atoms with Gasteiger partial charge in [0.2, 0.25) is 11.8 Å². The van der Waals surface area contributed by atoms with E-state index in [0.717, 1.165) is 57.3 Å². The van der Waals surface area contributed by atoms with Crippen LogP contribution in [0.4, 0.5) is 0 Å². The normalized spacial score (nSPS) is 20.4. The summed E-state index contributed by atoms with van der Waals surface area (Å²) in [4.78, 5) is 0. The molecule has 1 aromatic heterocycles. The third-order valence-electron chi connectivity index (χ3n) is 2.76. The third-order valence-corrected chi connectivity index (χ3v) is 2.76. The van der Waals surface area contributed by atoms with Crippen LogP contribution in [0, 0.1) is 0 Å². The summed E-state index contributed by atoms with van der Waals surface area (Å²) in [6, 6.07) is 0. The van der Waals surface area contributed by atoms with Crippen LogP contribution in [0.15, 0.2) is 4.42 Å². The van der Waals surface area contributed by atoms with E-state index in [9.17, 15) is 0 Å². The molecule has 1 saturated heterocycles. The van der Waals surface area contributed by atoms with E-state index in [1.54, 1.807) is 0 Å². The van der Waals surface area contributed by atoms with Gasteiger partial charge in [0.15, 0.2) is 0 Å². The zero-order chi connectivity index (χ0) is 11.2. The Labute approximate surface area is 95.6 Å². The number of hydrogen-bond donors (Lipinski definition) is 1. The first-order chi connectivity index (χ1) is 7.90. The Morgan fingerprint density at radius 2 is 2.38 bits per heavy atom. The monoisotopic (exact) mass is 225 g/mol. The lowest BCUT2D eigenvalue weighted by atomic mass is 10.1. The smallest absolute Gasteiger partial charge is 0.222 e. The molecule has 0 saturated carbocycles. The molecule has 0 aromatic carbocycles. The molecule has 0 aliphatic carbocycles. The van der Waals surface area contributed by atoms with Gasteiger partial charge in [0.25, 0.3) is 0 Å². The molecule has 5 nitrogen and oxygen atoms in total. The SMILES string of the molecule is CCNCCCc1nnc(C2CCOC2)o1.